The van der Waals surface area contributed by atoms with Crippen LogP contribution in [0.15, 0.2) is 54.6 Å². The molecule has 0 spiro atoms. The molecule has 2 N–H and O–H groups in total. The monoisotopic (exact) mass is 390 g/mol. The minimum Gasteiger partial charge on any atom is -0.494 e. The van der Waals surface area contributed by atoms with Gasteiger partial charge in [-0.1, -0.05) is 26.0 Å². The molecular formula is C23H26N4O2. The number of rotatable bonds is 7. The maximum Gasteiger partial charge on any atom is 0.274 e. The quantitative estimate of drug-likeness (QED) is 0.572. The van der Waals surface area contributed by atoms with Gasteiger partial charge in [0.05, 0.1) is 6.61 Å². The van der Waals surface area contributed by atoms with E-state index in [2.05, 4.69) is 46.6 Å². The topological polar surface area (TPSA) is 76.1 Å². The molecule has 6 nitrogen and oxygen atoms in total. The SMILES string of the molecule is CCOc1ccc(NC(=O)c2cc(C)nc(Nc3ccc(C(C)C)cc3)n2)cc1. The Kier molecular flexibility index (Phi) is 6.44. The number of amides is 1. The van der Waals surface area contributed by atoms with Gasteiger partial charge >= 0.3 is 0 Å². The number of hydrogen-bond acceptors (Lipinski definition) is 5. The number of carbonyl (C=O) groups is 1. The van der Waals surface area contributed by atoms with E-state index in [1.807, 2.05) is 38.1 Å². The van der Waals surface area contributed by atoms with E-state index < -0.39 is 0 Å². The van der Waals surface area contributed by atoms with Gasteiger partial charge in [-0.15, -0.1) is 0 Å². The van der Waals surface area contributed by atoms with Crippen LogP contribution in [0, 0.1) is 6.92 Å². The molecule has 0 saturated heterocycles. The summed E-state index contributed by atoms with van der Waals surface area (Å²) in [4.78, 5) is 21.4. The molecule has 0 unspecified atom stereocenters. The van der Waals surface area contributed by atoms with Gasteiger partial charge in [0.1, 0.15) is 11.4 Å². The van der Waals surface area contributed by atoms with Crippen molar-refractivity contribution in [3.8, 4) is 5.75 Å². The number of nitrogens with zero attached hydrogens (tertiary/aromatic N) is 2. The maximum absolute atomic E-state index is 12.6. The van der Waals surface area contributed by atoms with Crippen molar-refractivity contribution >= 4 is 23.2 Å². The Morgan fingerprint density at radius 3 is 2.28 bits per heavy atom. The maximum atomic E-state index is 12.6. The summed E-state index contributed by atoms with van der Waals surface area (Å²) in [6.07, 6.45) is 0. The van der Waals surface area contributed by atoms with Gasteiger partial charge in [0.2, 0.25) is 5.95 Å². The summed E-state index contributed by atoms with van der Waals surface area (Å²) in [5.74, 6) is 1.33. The van der Waals surface area contributed by atoms with Gasteiger partial charge in [-0.05, 0) is 67.8 Å². The predicted octanol–water partition coefficient (Wildman–Crippen LogP) is 5.30. The molecule has 0 aliphatic carbocycles. The van der Waals surface area contributed by atoms with Crippen molar-refractivity contribution < 1.29 is 9.53 Å². The van der Waals surface area contributed by atoms with E-state index >= 15 is 0 Å². The molecular weight excluding hydrogens is 364 g/mol. The Hall–Kier alpha value is -3.41. The standard InChI is InChI=1S/C23H26N4O2/c1-5-29-20-12-10-18(11-13-20)25-22(28)21-14-16(4)24-23(27-21)26-19-8-6-17(7-9-19)15(2)3/h6-15H,5H2,1-4H3,(H,25,28)(H,24,26,27). The lowest BCUT2D eigenvalue weighted by Crippen LogP contribution is -2.15. The van der Waals surface area contributed by atoms with Gasteiger partial charge in [-0.25, -0.2) is 9.97 Å². The number of benzene rings is 2. The second-order valence-electron chi connectivity index (χ2n) is 7.03. The molecule has 0 radical (unpaired) electrons. The molecule has 6 heteroatoms. The van der Waals surface area contributed by atoms with E-state index in [-0.39, 0.29) is 5.91 Å². The van der Waals surface area contributed by atoms with Gasteiger partial charge in [0, 0.05) is 17.1 Å². The van der Waals surface area contributed by atoms with Gasteiger partial charge in [-0.3, -0.25) is 4.79 Å². The summed E-state index contributed by atoms with van der Waals surface area (Å²) in [7, 11) is 0. The van der Waals surface area contributed by atoms with Crippen LogP contribution in [0.4, 0.5) is 17.3 Å². The molecule has 0 aliphatic rings. The minimum absolute atomic E-state index is 0.294. The summed E-state index contributed by atoms with van der Waals surface area (Å²) >= 11 is 0. The second-order valence-corrected chi connectivity index (χ2v) is 7.03. The lowest BCUT2D eigenvalue weighted by molar-refractivity contribution is 0.102. The summed E-state index contributed by atoms with van der Waals surface area (Å²) in [6.45, 7) is 8.67. The highest BCUT2D eigenvalue weighted by Crippen LogP contribution is 2.20. The fourth-order valence-electron chi connectivity index (χ4n) is 2.82. The average molecular weight is 390 g/mol. The predicted molar refractivity (Wildman–Crippen MR) is 116 cm³/mol. The summed E-state index contributed by atoms with van der Waals surface area (Å²) in [5, 5.41) is 6.03. The highest BCUT2D eigenvalue weighted by molar-refractivity contribution is 6.03. The fraction of sp³-hybridized carbons (Fsp3) is 0.261. The zero-order valence-electron chi connectivity index (χ0n) is 17.2. The van der Waals surface area contributed by atoms with E-state index in [1.54, 1.807) is 18.2 Å². The van der Waals surface area contributed by atoms with Gasteiger partial charge < -0.3 is 15.4 Å². The Morgan fingerprint density at radius 2 is 1.66 bits per heavy atom. The Bertz CT molecular complexity index is 967. The number of ether oxygens (including phenoxy) is 1. The minimum atomic E-state index is -0.294. The van der Waals surface area contributed by atoms with Crippen molar-refractivity contribution in [3.05, 3.63) is 71.5 Å². The molecule has 0 bridgehead atoms. The zero-order chi connectivity index (χ0) is 20.8. The van der Waals surface area contributed by atoms with Crippen LogP contribution in [0.2, 0.25) is 0 Å². The van der Waals surface area contributed by atoms with Gasteiger partial charge in [-0.2, -0.15) is 0 Å². The lowest BCUT2D eigenvalue weighted by atomic mass is 10.0. The average Bonchev–Trinajstić information content (AvgIpc) is 2.69. The fourth-order valence-corrected chi connectivity index (χ4v) is 2.82. The molecule has 0 atom stereocenters. The largest absolute Gasteiger partial charge is 0.494 e. The van der Waals surface area contributed by atoms with Crippen molar-refractivity contribution in [2.45, 2.75) is 33.6 Å². The highest BCUT2D eigenvalue weighted by atomic mass is 16.5. The van der Waals surface area contributed by atoms with Crippen molar-refractivity contribution in [3.63, 3.8) is 0 Å². The van der Waals surface area contributed by atoms with E-state index in [0.717, 1.165) is 11.4 Å². The van der Waals surface area contributed by atoms with Crippen LogP contribution in [-0.2, 0) is 0 Å². The first kappa shape index (κ1) is 20.3. The molecule has 3 rings (SSSR count). The Morgan fingerprint density at radius 1 is 1.00 bits per heavy atom. The molecule has 0 saturated carbocycles. The smallest absolute Gasteiger partial charge is 0.274 e. The summed E-state index contributed by atoms with van der Waals surface area (Å²) in [5.41, 5.74) is 3.81. The molecule has 29 heavy (non-hydrogen) atoms. The third-order valence-corrected chi connectivity index (χ3v) is 4.34. The van der Waals surface area contributed by atoms with E-state index in [0.29, 0.717) is 35.5 Å². The number of aryl methyl sites for hydroxylation is 1. The van der Waals surface area contributed by atoms with Crippen LogP contribution in [-0.4, -0.2) is 22.5 Å². The van der Waals surface area contributed by atoms with Crippen molar-refractivity contribution in [1.29, 1.82) is 0 Å². The van der Waals surface area contributed by atoms with Crippen LogP contribution in [0.5, 0.6) is 5.75 Å². The molecule has 1 amide bonds. The van der Waals surface area contributed by atoms with Crippen molar-refractivity contribution in [2.24, 2.45) is 0 Å². The van der Waals surface area contributed by atoms with E-state index in [9.17, 15) is 4.79 Å². The molecule has 2 aromatic carbocycles. The molecule has 3 aromatic rings. The summed E-state index contributed by atoms with van der Waals surface area (Å²) in [6, 6.07) is 17.0. The van der Waals surface area contributed by atoms with Crippen LogP contribution >= 0.6 is 0 Å². The van der Waals surface area contributed by atoms with E-state index in [4.69, 9.17) is 4.74 Å². The zero-order valence-corrected chi connectivity index (χ0v) is 17.2. The summed E-state index contributed by atoms with van der Waals surface area (Å²) < 4.78 is 5.42. The number of hydrogen-bond donors (Lipinski definition) is 2. The van der Waals surface area contributed by atoms with E-state index in [1.165, 1.54) is 5.56 Å². The first-order valence-corrected chi connectivity index (χ1v) is 9.71. The third kappa shape index (κ3) is 5.54. The van der Waals surface area contributed by atoms with Crippen LogP contribution < -0.4 is 15.4 Å². The van der Waals surface area contributed by atoms with Crippen LogP contribution in [0.25, 0.3) is 0 Å². The number of nitrogens with one attached hydrogen (secondary N) is 2. The lowest BCUT2D eigenvalue weighted by Gasteiger charge is -2.11. The van der Waals surface area contributed by atoms with Crippen molar-refractivity contribution in [2.75, 3.05) is 17.2 Å². The third-order valence-electron chi connectivity index (χ3n) is 4.34. The first-order chi connectivity index (χ1) is 13.9. The normalized spacial score (nSPS) is 10.7. The van der Waals surface area contributed by atoms with Gasteiger partial charge in [0.25, 0.3) is 5.91 Å². The number of carbonyl (C=O) groups excluding carboxylic acids is 1. The highest BCUT2D eigenvalue weighted by Gasteiger charge is 2.12. The number of anilines is 3. The van der Waals surface area contributed by atoms with Crippen LogP contribution in [0.3, 0.4) is 0 Å². The van der Waals surface area contributed by atoms with Crippen molar-refractivity contribution in [1.82, 2.24) is 9.97 Å². The second kappa shape index (κ2) is 9.19. The number of aromatic nitrogens is 2. The molecule has 150 valence electrons. The van der Waals surface area contributed by atoms with Gasteiger partial charge in [0.15, 0.2) is 0 Å². The molecule has 1 aromatic heterocycles. The Labute approximate surface area is 171 Å². The first-order valence-electron chi connectivity index (χ1n) is 9.71. The molecule has 0 fully saturated rings. The molecule has 0 aliphatic heterocycles. The molecule has 1 heterocycles. The van der Waals surface area contributed by atoms with Crippen LogP contribution in [0.1, 0.15) is 48.4 Å². The Balaban J connectivity index is 1.72.